The van der Waals surface area contributed by atoms with Crippen LogP contribution in [0.15, 0.2) is 79.1 Å². The fourth-order valence-corrected chi connectivity index (χ4v) is 7.69. The van der Waals surface area contributed by atoms with E-state index in [-0.39, 0.29) is 57.4 Å². The van der Waals surface area contributed by atoms with Gasteiger partial charge >= 0.3 is 18.6 Å². The number of hydrogen-bond acceptors (Lipinski definition) is 10. The number of phenolic OH excluding ortho intramolecular Hbond substituents is 1. The predicted molar refractivity (Wildman–Crippen MR) is 201 cm³/mol. The van der Waals surface area contributed by atoms with Crippen molar-refractivity contribution in [2.45, 2.75) is 63.5 Å². The number of pyridine rings is 1. The van der Waals surface area contributed by atoms with Crippen molar-refractivity contribution in [1.29, 1.82) is 0 Å². The first kappa shape index (κ1) is 41.1. The number of H-pyrrole nitrogens is 1. The number of nitrogens with one attached hydrogen (secondary N) is 2. The molecule has 11 nitrogen and oxygen atoms in total. The smallest absolute Gasteiger partial charge is 0.387 e. The molecule has 4 fully saturated rings. The number of hydrogen-bond donors (Lipinski definition) is 2. The number of carbonyl (C=O) groups is 2. The molecule has 3 aromatic carbocycles. The Bertz CT molecular complexity index is 1960. The Morgan fingerprint density at radius 3 is 2.32 bits per heavy atom. The lowest BCUT2D eigenvalue weighted by Crippen LogP contribution is -2.52. The second kappa shape index (κ2) is 18.6. The summed E-state index contributed by atoms with van der Waals surface area (Å²) in [5.41, 5.74) is 1.78. The fraction of sp³-hybridized carbons (Fsp3) is 0.390. The molecule has 0 radical (unpaired) electrons. The second-order valence-corrected chi connectivity index (χ2v) is 15.0. The number of piperidine rings is 3. The number of aromatic nitrogens is 1. The quantitative estimate of drug-likeness (QED) is 0.110. The van der Waals surface area contributed by atoms with Gasteiger partial charge in [-0.25, -0.2) is 14.6 Å². The third-order valence-corrected chi connectivity index (χ3v) is 11.1. The summed E-state index contributed by atoms with van der Waals surface area (Å²) in [6.45, 7) is 0.00427. The van der Waals surface area contributed by atoms with Crippen LogP contribution in [0.5, 0.6) is 17.2 Å². The van der Waals surface area contributed by atoms with Crippen LogP contribution in [0.25, 0.3) is 0 Å². The highest BCUT2D eigenvalue weighted by atomic mass is 35.5. The first-order chi connectivity index (χ1) is 26.6. The number of ether oxygens (including phenoxy) is 4. The summed E-state index contributed by atoms with van der Waals surface area (Å²) >= 11 is 13.0. The Morgan fingerprint density at radius 2 is 1.66 bits per heavy atom. The summed E-state index contributed by atoms with van der Waals surface area (Å²) in [7, 11) is 0. The van der Waals surface area contributed by atoms with E-state index in [1.54, 1.807) is 12.1 Å². The van der Waals surface area contributed by atoms with E-state index >= 15 is 0 Å². The molecular formula is C41H43Cl2F2N3O8. The van der Waals surface area contributed by atoms with Crippen molar-refractivity contribution in [3.8, 4) is 17.2 Å². The minimum absolute atomic E-state index is 0. The molecule has 0 spiro atoms. The lowest BCUT2D eigenvalue weighted by Gasteiger charge is -2.44. The molecule has 15 heteroatoms. The standard InChI is InChI=1S/C41H41Cl2F2N3O7.H2O/c42-31-20-46-21-32(43)30(31)18-34(27-11-12-33(55-41(44)45)35(17-27)52-23-24-9-10-24)53-39(50)29-8-4-7-28(38(29)49)19-47-37(26-5-2-1-3-6-26)40(51)54-36-22-48-15-13-25(36)14-16-48;/h1-8,11-12,17,20-21,24-25,34,36-37,41,47,49H,9-10,13-16,18-19,22-23H2;1H2/t34-,36-,37?;/m0./s1. The van der Waals surface area contributed by atoms with Crippen molar-refractivity contribution in [2.24, 2.45) is 11.8 Å². The topological polar surface area (TPSA) is 151 Å². The van der Waals surface area contributed by atoms with Crippen molar-refractivity contribution in [2.75, 3.05) is 26.2 Å². The fourth-order valence-electron chi connectivity index (χ4n) is 7.16. The molecule has 1 unspecified atom stereocenters. The van der Waals surface area contributed by atoms with E-state index in [1.807, 2.05) is 30.3 Å². The van der Waals surface area contributed by atoms with Gasteiger partial charge in [-0.3, -0.25) is 10.2 Å². The Labute approximate surface area is 333 Å². The monoisotopic (exact) mass is 813 g/mol. The van der Waals surface area contributed by atoms with Crippen LogP contribution in [0.4, 0.5) is 8.78 Å². The molecule has 298 valence electrons. The van der Waals surface area contributed by atoms with Crippen molar-refractivity contribution < 1.29 is 52.9 Å². The van der Waals surface area contributed by atoms with Crippen LogP contribution in [0.1, 0.15) is 70.4 Å². The Balaban J connectivity index is 0.00000532. The van der Waals surface area contributed by atoms with Gasteiger partial charge in [0, 0.05) is 30.6 Å². The van der Waals surface area contributed by atoms with Crippen LogP contribution in [-0.4, -0.2) is 66.4 Å². The molecule has 1 saturated carbocycles. The second-order valence-electron chi connectivity index (χ2n) is 14.2. The molecule has 0 amide bonds. The molecule has 8 rings (SSSR count). The lowest BCUT2D eigenvalue weighted by molar-refractivity contribution is -0.377. The van der Waals surface area contributed by atoms with Crippen molar-refractivity contribution in [3.05, 3.63) is 117 Å². The highest BCUT2D eigenvalue weighted by Crippen LogP contribution is 2.39. The van der Waals surface area contributed by atoms with Gasteiger partial charge in [-0.2, -0.15) is 8.78 Å². The number of phenols is 1. The maximum Gasteiger partial charge on any atom is 0.387 e. The molecule has 1 aromatic heterocycles. The van der Waals surface area contributed by atoms with Gasteiger partial charge in [0.25, 0.3) is 0 Å². The molecule has 3 saturated heterocycles. The minimum Gasteiger partial charge on any atom is -0.870 e. The van der Waals surface area contributed by atoms with Gasteiger partial charge in [-0.1, -0.05) is 71.7 Å². The zero-order valence-electron chi connectivity index (χ0n) is 30.3. The van der Waals surface area contributed by atoms with E-state index < -0.39 is 30.7 Å². The molecule has 4 aromatic rings. The zero-order valence-corrected chi connectivity index (χ0v) is 31.9. The molecule has 3 atom stereocenters. The van der Waals surface area contributed by atoms with Gasteiger partial charge in [0.1, 0.15) is 39.6 Å². The molecule has 4 heterocycles. The number of fused-ring (bicyclic) bond motifs is 3. The number of aromatic amines is 1. The van der Waals surface area contributed by atoms with E-state index in [1.165, 1.54) is 36.7 Å². The molecule has 3 aliphatic heterocycles. The first-order valence-electron chi connectivity index (χ1n) is 18.4. The normalized spacial score (nSPS) is 19.8. The van der Waals surface area contributed by atoms with E-state index in [0.29, 0.717) is 47.2 Å². The van der Waals surface area contributed by atoms with Crippen molar-refractivity contribution >= 4 is 35.1 Å². The average Bonchev–Trinajstić information content (AvgIpc) is 4.02. The summed E-state index contributed by atoms with van der Waals surface area (Å²) in [6, 6.07) is 17.4. The highest BCUT2D eigenvalue weighted by molar-refractivity contribution is 6.35. The molecule has 4 aliphatic rings. The number of halogens is 4. The first-order valence-corrected chi connectivity index (χ1v) is 19.2. The SMILES string of the molecule is O=C(O[C@@H](Cc1c(Cl)c[nH+]cc1Cl)c1ccc(OC(F)F)c(OCC2CC2)c1)c1cccc(CNC(C(=O)O[C@H]2CN3CCC2CC3)c2ccccc2)c1O.[OH-]. The van der Waals surface area contributed by atoms with Crippen LogP contribution in [0.2, 0.25) is 10.0 Å². The van der Waals surface area contributed by atoms with Crippen LogP contribution in [-0.2, 0) is 27.2 Å². The number of aromatic hydroxyl groups is 1. The summed E-state index contributed by atoms with van der Waals surface area (Å²) in [5.74, 6) is -1.06. The third kappa shape index (κ3) is 10.1. The average molecular weight is 815 g/mol. The number of esters is 2. The number of carbonyl (C=O) groups excluding carboxylic acids is 2. The minimum atomic E-state index is -3.08. The van der Waals surface area contributed by atoms with E-state index in [0.717, 1.165) is 38.8 Å². The van der Waals surface area contributed by atoms with Gasteiger partial charge in [0.15, 0.2) is 23.9 Å². The van der Waals surface area contributed by atoms with Crippen LogP contribution < -0.4 is 19.8 Å². The molecular weight excluding hydrogens is 771 g/mol. The Hall–Kier alpha value is -4.53. The zero-order chi connectivity index (χ0) is 38.5. The number of benzene rings is 3. The summed E-state index contributed by atoms with van der Waals surface area (Å²) in [5, 5.41) is 15.3. The van der Waals surface area contributed by atoms with Crippen LogP contribution in [0, 0.1) is 11.8 Å². The largest absolute Gasteiger partial charge is 0.870 e. The van der Waals surface area contributed by atoms with Crippen LogP contribution in [0.3, 0.4) is 0 Å². The molecule has 1 aliphatic carbocycles. The van der Waals surface area contributed by atoms with Crippen LogP contribution >= 0.6 is 23.2 Å². The van der Waals surface area contributed by atoms with Gasteiger partial charge in [-0.05, 0) is 79.9 Å². The highest BCUT2D eigenvalue weighted by Gasteiger charge is 2.38. The molecule has 2 bridgehead atoms. The van der Waals surface area contributed by atoms with Gasteiger partial charge < -0.3 is 29.5 Å². The maximum absolute atomic E-state index is 13.9. The summed E-state index contributed by atoms with van der Waals surface area (Å²) < 4.78 is 49.3. The lowest BCUT2D eigenvalue weighted by atomic mass is 9.86. The summed E-state index contributed by atoms with van der Waals surface area (Å²) in [4.78, 5) is 32.8. The third-order valence-electron chi connectivity index (χ3n) is 10.4. The number of para-hydroxylation sites is 1. The summed E-state index contributed by atoms with van der Waals surface area (Å²) in [6.07, 6.45) is 5.76. The molecule has 4 N–H and O–H groups in total. The van der Waals surface area contributed by atoms with E-state index in [4.69, 9.17) is 42.1 Å². The number of rotatable bonds is 16. The Kier molecular flexibility index (Phi) is 13.7. The van der Waals surface area contributed by atoms with Crippen molar-refractivity contribution in [3.63, 3.8) is 0 Å². The van der Waals surface area contributed by atoms with Gasteiger partial charge in [0.2, 0.25) is 0 Å². The number of alkyl halides is 2. The predicted octanol–water partition coefficient (Wildman–Crippen LogP) is 7.34. The van der Waals surface area contributed by atoms with Crippen molar-refractivity contribution in [1.82, 2.24) is 10.2 Å². The molecule has 56 heavy (non-hydrogen) atoms. The van der Waals surface area contributed by atoms with Gasteiger partial charge in [-0.15, -0.1) is 0 Å². The number of nitrogens with zero attached hydrogens (tertiary/aromatic N) is 1. The van der Waals surface area contributed by atoms with E-state index in [9.17, 15) is 23.5 Å². The van der Waals surface area contributed by atoms with Gasteiger partial charge in [0.05, 0.1) is 6.61 Å². The Morgan fingerprint density at radius 1 is 0.929 bits per heavy atom. The maximum atomic E-state index is 13.9. The van der Waals surface area contributed by atoms with E-state index in [2.05, 4.69) is 15.2 Å².